The van der Waals surface area contributed by atoms with E-state index in [4.69, 9.17) is 0 Å². The monoisotopic (exact) mass is 307 g/mol. The van der Waals surface area contributed by atoms with Crippen molar-refractivity contribution in [3.8, 4) is 0 Å². The zero-order valence-corrected chi connectivity index (χ0v) is 12.8. The van der Waals surface area contributed by atoms with Gasteiger partial charge in [-0.25, -0.2) is 0 Å². The van der Waals surface area contributed by atoms with E-state index in [0.717, 1.165) is 27.6 Å². The van der Waals surface area contributed by atoms with Crippen LogP contribution >= 0.6 is 12.4 Å². The summed E-state index contributed by atoms with van der Waals surface area (Å²) < 4.78 is 0. The van der Waals surface area contributed by atoms with Crippen LogP contribution in [-0.2, 0) is 0 Å². The molecule has 0 saturated carbocycles. The summed E-state index contributed by atoms with van der Waals surface area (Å²) in [5, 5.41) is 3.66. The lowest BCUT2D eigenvalue weighted by molar-refractivity contribution is 1.42. The van der Waals surface area contributed by atoms with Gasteiger partial charge in [0.25, 0.3) is 0 Å². The highest BCUT2D eigenvalue weighted by Gasteiger charge is 2.12. The Morgan fingerprint density at radius 2 is 1.68 bits per heavy atom. The minimum Gasteiger partial charge on any atom is -0.353 e. The number of hydrogen-bond donors (Lipinski definition) is 2. The van der Waals surface area contributed by atoms with E-state index < -0.39 is 0 Å². The molecule has 0 amide bonds. The van der Waals surface area contributed by atoms with Gasteiger partial charge >= 0.3 is 0 Å². The number of hydrogen-bond acceptors (Lipinski definition) is 1. The van der Waals surface area contributed by atoms with Crippen LogP contribution in [0.5, 0.6) is 0 Å². The first-order valence-electron chi connectivity index (χ1n) is 7.09. The van der Waals surface area contributed by atoms with Crippen molar-refractivity contribution >= 4 is 56.1 Å². The van der Waals surface area contributed by atoms with Crippen LogP contribution in [-0.4, -0.2) is 15.0 Å². The number of aromatic amines is 2. The van der Waals surface area contributed by atoms with Gasteiger partial charge in [-0.15, -0.1) is 12.4 Å². The number of aromatic nitrogens is 3. The third kappa shape index (κ3) is 1.60. The van der Waals surface area contributed by atoms with Crippen LogP contribution in [0.2, 0.25) is 0 Å². The van der Waals surface area contributed by atoms with Gasteiger partial charge in [-0.05, 0) is 25.1 Å². The Morgan fingerprint density at radius 3 is 2.59 bits per heavy atom. The zero-order valence-electron chi connectivity index (χ0n) is 12.0. The van der Waals surface area contributed by atoms with Gasteiger partial charge in [0, 0.05) is 27.2 Å². The molecule has 5 aromatic rings. The normalized spacial score (nSPS) is 11.5. The molecule has 2 N–H and O–H groups in total. The van der Waals surface area contributed by atoms with Crippen molar-refractivity contribution in [2.75, 3.05) is 0 Å². The molecule has 22 heavy (non-hydrogen) atoms. The molecule has 3 nitrogen and oxygen atoms in total. The highest BCUT2D eigenvalue weighted by Crippen LogP contribution is 2.34. The van der Waals surface area contributed by atoms with E-state index in [1.807, 2.05) is 6.20 Å². The summed E-state index contributed by atoms with van der Waals surface area (Å²) in [7, 11) is 0. The molecule has 0 aliphatic carbocycles. The van der Waals surface area contributed by atoms with E-state index in [1.54, 1.807) is 0 Å². The van der Waals surface area contributed by atoms with E-state index in [9.17, 15) is 0 Å². The van der Waals surface area contributed by atoms with Crippen LogP contribution in [0.1, 0.15) is 5.56 Å². The summed E-state index contributed by atoms with van der Waals surface area (Å²) in [5.41, 5.74) is 6.78. The molecule has 4 heteroatoms. The maximum Gasteiger partial charge on any atom is 0.0965 e. The predicted molar refractivity (Wildman–Crippen MR) is 94.9 cm³/mol. The topological polar surface area (TPSA) is 44.5 Å². The minimum absolute atomic E-state index is 0. The highest BCUT2D eigenvalue weighted by atomic mass is 35.5. The molecule has 0 aliphatic rings. The third-order valence-electron chi connectivity index (χ3n) is 4.23. The van der Waals surface area contributed by atoms with Gasteiger partial charge in [0.05, 0.1) is 22.7 Å². The SMILES string of the molecule is Cc1ccc2[nH]c3c(ncc4[nH]c5ccccc5c43)c2c1.Cl. The molecule has 3 heterocycles. The van der Waals surface area contributed by atoms with Gasteiger partial charge in [-0.2, -0.15) is 0 Å². The van der Waals surface area contributed by atoms with E-state index >= 15 is 0 Å². The Balaban J connectivity index is 0.00000125. The lowest BCUT2D eigenvalue weighted by atomic mass is 10.1. The summed E-state index contributed by atoms with van der Waals surface area (Å²) in [6.45, 7) is 2.11. The molecule has 0 spiro atoms. The Hall–Kier alpha value is -2.52. The molecule has 0 radical (unpaired) electrons. The average molecular weight is 308 g/mol. The number of aryl methyl sites for hydroxylation is 1. The molecule has 0 fully saturated rings. The van der Waals surface area contributed by atoms with Crippen LogP contribution in [0.4, 0.5) is 0 Å². The number of rotatable bonds is 0. The van der Waals surface area contributed by atoms with Crippen molar-refractivity contribution in [1.82, 2.24) is 15.0 Å². The summed E-state index contributed by atoms with van der Waals surface area (Å²) in [6, 6.07) is 14.9. The second-order valence-electron chi connectivity index (χ2n) is 5.62. The van der Waals surface area contributed by atoms with Crippen molar-refractivity contribution in [3.63, 3.8) is 0 Å². The molecular weight excluding hydrogens is 294 g/mol. The van der Waals surface area contributed by atoms with Crippen LogP contribution in [0.3, 0.4) is 0 Å². The maximum absolute atomic E-state index is 4.67. The Bertz CT molecular complexity index is 1150. The van der Waals surface area contributed by atoms with Crippen molar-refractivity contribution in [1.29, 1.82) is 0 Å². The number of benzene rings is 2. The lowest BCUT2D eigenvalue weighted by Crippen LogP contribution is -1.77. The summed E-state index contributed by atoms with van der Waals surface area (Å²) in [6.07, 6.45) is 1.94. The second-order valence-corrected chi connectivity index (χ2v) is 5.62. The van der Waals surface area contributed by atoms with Gasteiger partial charge in [0.2, 0.25) is 0 Å². The molecule has 0 atom stereocenters. The van der Waals surface area contributed by atoms with Crippen LogP contribution in [0, 0.1) is 6.92 Å². The Kier molecular flexibility index (Phi) is 2.68. The number of para-hydroxylation sites is 1. The lowest BCUT2D eigenvalue weighted by Gasteiger charge is -1.94. The fraction of sp³-hybridized carbons (Fsp3) is 0.0556. The summed E-state index contributed by atoms with van der Waals surface area (Å²) in [4.78, 5) is 11.7. The number of nitrogens with zero attached hydrogens (tertiary/aromatic N) is 1. The van der Waals surface area contributed by atoms with Crippen molar-refractivity contribution in [2.45, 2.75) is 6.92 Å². The molecule has 0 aliphatic heterocycles. The van der Waals surface area contributed by atoms with E-state index in [-0.39, 0.29) is 12.4 Å². The van der Waals surface area contributed by atoms with Crippen LogP contribution in [0.25, 0.3) is 43.7 Å². The first kappa shape index (κ1) is 13.2. The number of pyridine rings is 1. The van der Waals surface area contributed by atoms with Gasteiger partial charge in [-0.3, -0.25) is 4.98 Å². The third-order valence-corrected chi connectivity index (χ3v) is 4.23. The van der Waals surface area contributed by atoms with Crippen molar-refractivity contribution in [2.24, 2.45) is 0 Å². The number of halogens is 1. The summed E-state index contributed by atoms with van der Waals surface area (Å²) >= 11 is 0. The first-order chi connectivity index (χ1) is 10.3. The zero-order chi connectivity index (χ0) is 14.0. The Labute approximate surface area is 132 Å². The number of nitrogens with one attached hydrogen (secondary N) is 2. The van der Waals surface area contributed by atoms with Gasteiger partial charge in [0.15, 0.2) is 0 Å². The van der Waals surface area contributed by atoms with Gasteiger partial charge < -0.3 is 9.97 Å². The molecule has 108 valence electrons. The molecule has 0 unspecified atom stereocenters. The molecular formula is C18H14ClN3. The van der Waals surface area contributed by atoms with Crippen molar-refractivity contribution in [3.05, 3.63) is 54.2 Å². The van der Waals surface area contributed by atoms with Crippen LogP contribution < -0.4 is 0 Å². The fourth-order valence-electron chi connectivity index (χ4n) is 3.26. The standard InChI is InChI=1S/C18H13N3.ClH/c1-10-6-7-14-12(8-10)17-18(21-14)16-11-4-2-3-5-13(11)20-15(16)9-19-17;/h2-9,20-21H,1H3;1H. The fourth-order valence-corrected chi connectivity index (χ4v) is 3.26. The predicted octanol–water partition coefficient (Wildman–Crippen LogP) is 5.08. The van der Waals surface area contributed by atoms with Gasteiger partial charge in [-0.1, -0.05) is 29.8 Å². The maximum atomic E-state index is 4.67. The molecule has 5 rings (SSSR count). The van der Waals surface area contributed by atoms with E-state index in [0.29, 0.717) is 0 Å². The van der Waals surface area contributed by atoms with Gasteiger partial charge in [0.1, 0.15) is 0 Å². The van der Waals surface area contributed by atoms with E-state index in [2.05, 4.69) is 64.3 Å². The summed E-state index contributed by atoms with van der Waals surface area (Å²) in [5.74, 6) is 0. The Morgan fingerprint density at radius 1 is 0.864 bits per heavy atom. The highest BCUT2D eigenvalue weighted by molar-refractivity contribution is 6.22. The van der Waals surface area contributed by atoms with Crippen LogP contribution in [0.15, 0.2) is 48.7 Å². The molecule has 2 aromatic carbocycles. The average Bonchev–Trinajstić information content (AvgIpc) is 3.04. The van der Waals surface area contributed by atoms with Crippen molar-refractivity contribution < 1.29 is 0 Å². The quantitative estimate of drug-likeness (QED) is 0.411. The number of fused-ring (bicyclic) bond motifs is 7. The smallest absolute Gasteiger partial charge is 0.0965 e. The largest absolute Gasteiger partial charge is 0.353 e. The minimum atomic E-state index is 0. The number of H-pyrrole nitrogens is 2. The molecule has 3 aromatic heterocycles. The first-order valence-corrected chi connectivity index (χ1v) is 7.09. The molecule has 0 saturated heterocycles. The second kappa shape index (κ2) is 4.49. The molecule has 0 bridgehead atoms. The van der Waals surface area contributed by atoms with E-state index in [1.165, 1.54) is 21.7 Å².